The Balaban J connectivity index is 1.55. The first-order valence-electron chi connectivity index (χ1n) is 8.36. The Kier molecular flexibility index (Phi) is 5.64. The van der Waals surface area contributed by atoms with Gasteiger partial charge >= 0.3 is 16.4 Å². The van der Waals surface area contributed by atoms with Gasteiger partial charge in [-0.05, 0) is 12.8 Å². The normalized spacial score (nSPS) is 21.9. The van der Waals surface area contributed by atoms with E-state index in [4.69, 9.17) is 9.66 Å². The molecule has 0 saturated carbocycles. The second kappa shape index (κ2) is 7.83. The number of carbonyl (C=O) groups is 3. The number of nitrogens with zero attached hydrogens (tertiary/aromatic N) is 4. The van der Waals surface area contributed by atoms with Gasteiger partial charge in [-0.15, -0.1) is 4.28 Å². The molecule has 2 atom stereocenters. The molecule has 2 bridgehead atoms. The van der Waals surface area contributed by atoms with Crippen LogP contribution in [0, 0.1) is 0 Å². The van der Waals surface area contributed by atoms with Crippen molar-refractivity contribution in [3.63, 3.8) is 0 Å². The van der Waals surface area contributed by atoms with Gasteiger partial charge in [0.2, 0.25) is 5.91 Å². The number of ketones is 1. The summed E-state index contributed by atoms with van der Waals surface area (Å²) in [4.78, 5) is 41.7. The first-order valence-corrected chi connectivity index (χ1v) is 9.73. The van der Waals surface area contributed by atoms with Gasteiger partial charge in [-0.3, -0.25) is 14.1 Å². The van der Waals surface area contributed by atoms with Crippen molar-refractivity contribution in [2.45, 2.75) is 38.1 Å². The summed E-state index contributed by atoms with van der Waals surface area (Å²) in [6.07, 6.45) is 3.51. The molecular weight excluding hydrogens is 398 g/mol. The number of amides is 3. The molecule has 1 aromatic heterocycles. The average Bonchev–Trinajstić information content (AvgIpc) is 3.17. The molecule has 3 amide bonds. The van der Waals surface area contributed by atoms with E-state index >= 15 is 0 Å². The molecule has 3 rings (SSSR count). The predicted octanol–water partition coefficient (Wildman–Crippen LogP) is -1.94. The molecule has 0 unspecified atom stereocenters. The van der Waals surface area contributed by atoms with Crippen LogP contribution in [0.1, 0.15) is 18.7 Å². The zero-order valence-corrected chi connectivity index (χ0v) is 15.4. The molecule has 0 aliphatic carbocycles. The Labute approximate surface area is 159 Å². The minimum atomic E-state index is -4.86. The summed E-state index contributed by atoms with van der Waals surface area (Å²) >= 11 is 0. The maximum Gasteiger partial charge on any atom is 0.418 e. The lowest BCUT2D eigenvalue weighted by atomic mass is 10.0. The third kappa shape index (κ3) is 4.30. The number of hydroxylamine groups is 2. The summed E-state index contributed by atoms with van der Waals surface area (Å²) in [6.45, 7) is -0.624. The largest absolute Gasteiger partial charge is 0.418 e. The number of nitrogens with one attached hydrogen (secondary N) is 1. The second-order valence-electron chi connectivity index (χ2n) is 6.40. The van der Waals surface area contributed by atoms with Crippen molar-refractivity contribution >= 4 is 28.1 Å². The van der Waals surface area contributed by atoms with Crippen molar-refractivity contribution in [2.75, 3.05) is 13.1 Å². The lowest BCUT2D eigenvalue weighted by molar-refractivity contribution is -0.128. The fourth-order valence-corrected chi connectivity index (χ4v) is 3.68. The van der Waals surface area contributed by atoms with Crippen molar-refractivity contribution in [1.29, 1.82) is 0 Å². The van der Waals surface area contributed by atoms with Crippen LogP contribution in [-0.4, -0.2) is 80.5 Å². The summed E-state index contributed by atoms with van der Waals surface area (Å²) in [5.41, 5.74) is 0. The summed E-state index contributed by atoms with van der Waals surface area (Å²) < 4.78 is 36.3. The van der Waals surface area contributed by atoms with Gasteiger partial charge in [-0.1, -0.05) is 0 Å². The molecule has 154 valence electrons. The van der Waals surface area contributed by atoms with Crippen LogP contribution in [0.3, 0.4) is 0 Å². The highest BCUT2D eigenvalue weighted by molar-refractivity contribution is 7.80. The predicted molar refractivity (Wildman–Crippen MR) is 89.6 cm³/mol. The number of hydrogen-bond acceptors (Lipinski definition) is 8. The minimum absolute atomic E-state index is 0.0648. The van der Waals surface area contributed by atoms with E-state index < -0.39 is 34.4 Å². The van der Waals surface area contributed by atoms with Crippen LogP contribution in [-0.2, 0) is 37.4 Å². The SMILES string of the molecule is O=C(CNC(=O)[C@@H]1CC[C@@H]2CN1C(=O)N2OS(=O)(=O)O)Cn1ccnc1CO. The molecule has 13 nitrogen and oxygen atoms in total. The number of aromatic nitrogens is 2. The number of aliphatic hydroxyl groups excluding tert-OH is 1. The van der Waals surface area contributed by atoms with Gasteiger partial charge in [-0.2, -0.15) is 13.5 Å². The fraction of sp³-hybridized carbons (Fsp3) is 0.571. The van der Waals surface area contributed by atoms with E-state index in [1.807, 2.05) is 0 Å². The van der Waals surface area contributed by atoms with Gasteiger partial charge in [-0.25, -0.2) is 9.78 Å². The summed E-state index contributed by atoms with van der Waals surface area (Å²) in [6, 6.07) is -2.33. The van der Waals surface area contributed by atoms with Crippen molar-refractivity contribution in [3.05, 3.63) is 18.2 Å². The molecule has 1 aromatic rings. The van der Waals surface area contributed by atoms with Gasteiger partial charge in [0.1, 0.15) is 18.5 Å². The first-order chi connectivity index (χ1) is 13.2. The monoisotopic (exact) mass is 417 g/mol. The molecule has 2 saturated heterocycles. The molecule has 2 aliphatic heterocycles. The highest BCUT2D eigenvalue weighted by atomic mass is 32.3. The number of fused-ring (bicyclic) bond motifs is 2. The van der Waals surface area contributed by atoms with E-state index in [-0.39, 0.29) is 38.4 Å². The van der Waals surface area contributed by atoms with Gasteiger partial charge < -0.3 is 19.9 Å². The topological polar surface area (TPSA) is 171 Å². The van der Waals surface area contributed by atoms with Gasteiger partial charge in [0.05, 0.1) is 19.1 Å². The molecule has 3 heterocycles. The Bertz CT molecular complexity index is 884. The number of imidazole rings is 1. The van der Waals surface area contributed by atoms with Crippen molar-refractivity contribution in [3.8, 4) is 0 Å². The highest BCUT2D eigenvalue weighted by Crippen LogP contribution is 2.30. The van der Waals surface area contributed by atoms with Crippen LogP contribution in [0.25, 0.3) is 0 Å². The Hall–Kier alpha value is -2.55. The van der Waals surface area contributed by atoms with E-state index in [2.05, 4.69) is 14.6 Å². The fourth-order valence-electron chi connectivity index (χ4n) is 3.29. The molecule has 14 heteroatoms. The standard InChI is InChI=1S/C14H19N5O8S/c20-8-12-15-3-4-17(12)7-10(21)5-16-13(22)11-2-1-9-6-18(11)14(23)19(9)27-28(24,25)26/h3-4,9,11,20H,1-2,5-8H2,(H,16,22)(H,24,25,26)/t9-,11+/m1/s1. The summed E-state index contributed by atoms with van der Waals surface area (Å²) in [5, 5.41) is 12.1. The third-order valence-corrected chi connectivity index (χ3v) is 4.90. The maximum absolute atomic E-state index is 12.4. The molecule has 28 heavy (non-hydrogen) atoms. The van der Waals surface area contributed by atoms with Gasteiger partial charge in [0, 0.05) is 18.9 Å². The molecule has 0 spiro atoms. The van der Waals surface area contributed by atoms with Crippen LogP contribution in [0.4, 0.5) is 4.79 Å². The number of carbonyl (C=O) groups excluding carboxylic acids is 3. The maximum atomic E-state index is 12.4. The molecule has 0 aromatic carbocycles. The van der Waals surface area contributed by atoms with E-state index in [1.54, 1.807) is 0 Å². The quantitative estimate of drug-likeness (QED) is 0.407. The van der Waals surface area contributed by atoms with Crippen LogP contribution >= 0.6 is 0 Å². The van der Waals surface area contributed by atoms with Crippen LogP contribution in [0.5, 0.6) is 0 Å². The number of rotatable bonds is 8. The van der Waals surface area contributed by atoms with E-state index in [9.17, 15) is 22.8 Å². The average molecular weight is 417 g/mol. The number of piperidine rings is 1. The van der Waals surface area contributed by atoms with E-state index in [0.717, 1.165) is 4.90 Å². The zero-order valence-electron chi connectivity index (χ0n) is 14.6. The second-order valence-corrected chi connectivity index (χ2v) is 7.40. The Morgan fingerprint density at radius 1 is 1.36 bits per heavy atom. The van der Waals surface area contributed by atoms with Gasteiger partial charge in [0.25, 0.3) is 0 Å². The van der Waals surface area contributed by atoms with Crippen molar-refractivity contribution in [2.24, 2.45) is 0 Å². The number of aliphatic hydroxyl groups is 1. The van der Waals surface area contributed by atoms with Crippen molar-refractivity contribution < 1.29 is 36.7 Å². The smallest absolute Gasteiger partial charge is 0.388 e. The highest BCUT2D eigenvalue weighted by Gasteiger charge is 2.49. The lowest BCUT2D eigenvalue weighted by Gasteiger charge is -2.29. The number of Topliss-reactive ketones (excluding diaryl/α,β-unsaturated/α-hetero) is 1. The van der Waals surface area contributed by atoms with E-state index in [1.165, 1.54) is 17.0 Å². The summed E-state index contributed by atoms with van der Waals surface area (Å²) in [5.74, 6) is -0.569. The molecule has 2 aliphatic rings. The number of urea groups is 1. The molecule has 2 fully saturated rings. The molecule has 3 N–H and O–H groups in total. The lowest BCUT2D eigenvalue weighted by Crippen LogP contribution is -2.50. The van der Waals surface area contributed by atoms with Crippen LogP contribution in [0.2, 0.25) is 0 Å². The van der Waals surface area contributed by atoms with Crippen LogP contribution < -0.4 is 5.32 Å². The van der Waals surface area contributed by atoms with Crippen molar-refractivity contribution in [1.82, 2.24) is 24.8 Å². The molecular formula is C14H19N5O8S. The zero-order chi connectivity index (χ0) is 20.5. The Morgan fingerprint density at radius 2 is 2.11 bits per heavy atom. The van der Waals surface area contributed by atoms with E-state index in [0.29, 0.717) is 17.3 Å². The summed E-state index contributed by atoms with van der Waals surface area (Å²) in [7, 11) is -4.86. The minimum Gasteiger partial charge on any atom is -0.388 e. The third-order valence-electron chi connectivity index (χ3n) is 4.55. The van der Waals surface area contributed by atoms with Crippen LogP contribution in [0.15, 0.2) is 12.4 Å². The van der Waals surface area contributed by atoms with Gasteiger partial charge in [0.15, 0.2) is 5.78 Å². The number of hydrogen-bond donors (Lipinski definition) is 3. The molecule has 0 radical (unpaired) electrons. The Morgan fingerprint density at radius 3 is 2.79 bits per heavy atom. The first kappa shape index (κ1) is 20.2.